The summed E-state index contributed by atoms with van der Waals surface area (Å²) in [6.07, 6.45) is 2.90. The third kappa shape index (κ3) is 5.62. The molecule has 2 aromatic rings. The molecule has 0 aromatic heterocycles. The van der Waals surface area contributed by atoms with Crippen LogP contribution in [0.5, 0.6) is 0 Å². The molecule has 1 heterocycles. The van der Waals surface area contributed by atoms with Gasteiger partial charge in [0.15, 0.2) is 0 Å². The van der Waals surface area contributed by atoms with E-state index in [9.17, 15) is 13.2 Å². The number of aryl methyl sites for hydroxylation is 1. The molecule has 156 valence electrons. The molecule has 1 saturated heterocycles. The van der Waals surface area contributed by atoms with Crippen LogP contribution >= 0.6 is 11.8 Å². The molecule has 5 nitrogen and oxygen atoms in total. The number of piperidine rings is 1. The molecule has 2 aromatic carbocycles. The van der Waals surface area contributed by atoms with Crippen LogP contribution in [-0.2, 0) is 20.6 Å². The lowest BCUT2D eigenvalue weighted by Gasteiger charge is -2.25. The quantitative estimate of drug-likeness (QED) is 0.703. The Labute approximate surface area is 177 Å². The molecule has 29 heavy (non-hydrogen) atoms. The Balaban J connectivity index is 1.57. The van der Waals surface area contributed by atoms with E-state index in [1.807, 2.05) is 19.1 Å². The summed E-state index contributed by atoms with van der Waals surface area (Å²) in [6.45, 7) is 5.11. The number of anilines is 1. The van der Waals surface area contributed by atoms with Crippen molar-refractivity contribution >= 4 is 33.4 Å². The monoisotopic (exact) mass is 432 g/mol. The number of amides is 1. The van der Waals surface area contributed by atoms with Crippen molar-refractivity contribution in [2.75, 3.05) is 18.4 Å². The van der Waals surface area contributed by atoms with Crippen LogP contribution in [0.25, 0.3) is 0 Å². The average Bonchev–Trinajstić information content (AvgIpc) is 2.74. The summed E-state index contributed by atoms with van der Waals surface area (Å²) in [7, 11) is -3.45. The van der Waals surface area contributed by atoms with Gasteiger partial charge in [0.1, 0.15) is 0 Å². The smallest absolute Gasteiger partial charge is 0.243 e. The molecule has 0 bridgehead atoms. The standard InChI is InChI=1S/C22H28N2O3S2/c1-17-8-4-5-9-19(17)16-28-18(2)22(25)23-20-10-12-21(13-11-20)29(26,27)24-14-6-3-7-15-24/h4-5,8-13,18H,3,6-7,14-16H2,1-2H3,(H,23,25). The Morgan fingerprint density at radius 2 is 1.72 bits per heavy atom. The molecule has 1 unspecified atom stereocenters. The van der Waals surface area contributed by atoms with E-state index in [1.165, 1.54) is 11.1 Å². The van der Waals surface area contributed by atoms with E-state index in [-0.39, 0.29) is 16.1 Å². The summed E-state index contributed by atoms with van der Waals surface area (Å²) in [5.41, 5.74) is 3.05. The van der Waals surface area contributed by atoms with Crippen molar-refractivity contribution in [2.24, 2.45) is 0 Å². The van der Waals surface area contributed by atoms with Gasteiger partial charge in [0.05, 0.1) is 10.1 Å². The summed E-state index contributed by atoms with van der Waals surface area (Å²) in [5, 5.41) is 2.67. The fourth-order valence-electron chi connectivity index (χ4n) is 3.27. The van der Waals surface area contributed by atoms with Crippen molar-refractivity contribution in [1.29, 1.82) is 0 Å². The van der Waals surface area contributed by atoms with Crippen LogP contribution in [0, 0.1) is 6.92 Å². The number of nitrogens with one attached hydrogen (secondary N) is 1. The molecule has 0 saturated carbocycles. The zero-order valence-electron chi connectivity index (χ0n) is 16.9. The number of carbonyl (C=O) groups is 1. The van der Waals surface area contributed by atoms with Crippen LogP contribution in [-0.4, -0.2) is 37.0 Å². The molecule has 1 amide bonds. The Kier molecular flexibility index (Phi) is 7.38. The summed E-state index contributed by atoms with van der Waals surface area (Å²) in [6, 6.07) is 14.6. The van der Waals surface area contributed by atoms with Crippen molar-refractivity contribution in [3.63, 3.8) is 0 Å². The van der Waals surface area contributed by atoms with Gasteiger partial charge < -0.3 is 5.32 Å². The highest BCUT2D eigenvalue weighted by Crippen LogP contribution is 2.24. The number of hydrogen-bond donors (Lipinski definition) is 1. The third-order valence-corrected chi connectivity index (χ3v) is 8.30. The summed E-state index contributed by atoms with van der Waals surface area (Å²) in [5.74, 6) is 0.684. The number of sulfonamides is 1. The minimum atomic E-state index is -3.45. The normalized spacial score (nSPS) is 16.3. The summed E-state index contributed by atoms with van der Waals surface area (Å²) >= 11 is 1.58. The van der Waals surface area contributed by atoms with Crippen molar-refractivity contribution in [1.82, 2.24) is 4.31 Å². The van der Waals surface area contributed by atoms with Gasteiger partial charge in [-0.15, -0.1) is 11.8 Å². The van der Waals surface area contributed by atoms with Crippen LogP contribution in [0.2, 0.25) is 0 Å². The molecule has 1 aliphatic rings. The second-order valence-electron chi connectivity index (χ2n) is 7.36. The SMILES string of the molecule is Cc1ccccc1CSC(C)C(=O)Nc1ccc(S(=O)(=O)N2CCCCC2)cc1. The molecular formula is C22H28N2O3S2. The van der Waals surface area contributed by atoms with E-state index in [0.717, 1.165) is 25.0 Å². The first-order valence-corrected chi connectivity index (χ1v) is 12.4. The highest BCUT2D eigenvalue weighted by atomic mass is 32.2. The van der Waals surface area contributed by atoms with Gasteiger partial charge in [-0.3, -0.25) is 4.79 Å². The number of carbonyl (C=O) groups excluding carboxylic acids is 1. The maximum Gasteiger partial charge on any atom is 0.243 e. The molecule has 1 aliphatic heterocycles. The summed E-state index contributed by atoms with van der Waals surface area (Å²) < 4.78 is 27.0. The number of hydrogen-bond acceptors (Lipinski definition) is 4. The molecular weight excluding hydrogens is 404 g/mol. The van der Waals surface area contributed by atoms with Crippen LogP contribution in [0.15, 0.2) is 53.4 Å². The van der Waals surface area contributed by atoms with Crippen molar-refractivity contribution in [3.8, 4) is 0 Å². The lowest BCUT2D eigenvalue weighted by Crippen LogP contribution is -2.35. The zero-order valence-corrected chi connectivity index (χ0v) is 18.6. The van der Waals surface area contributed by atoms with Gasteiger partial charge in [-0.05, 0) is 62.1 Å². The molecule has 1 fully saturated rings. The predicted octanol–water partition coefficient (Wildman–Crippen LogP) is 4.43. The molecule has 3 rings (SSSR count). The molecule has 7 heteroatoms. The number of rotatable bonds is 7. The average molecular weight is 433 g/mol. The third-order valence-electron chi connectivity index (χ3n) is 5.19. The van der Waals surface area contributed by atoms with Crippen LogP contribution < -0.4 is 5.32 Å². The minimum absolute atomic E-state index is 0.0878. The largest absolute Gasteiger partial charge is 0.325 e. The zero-order chi connectivity index (χ0) is 20.9. The lowest BCUT2D eigenvalue weighted by molar-refractivity contribution is -0.115. The van der Waals surface area contributed by atoms with Gasteiger partial charge in [0, 0.05) is 24.5 Å². The molecule has 1 atom stereocenters. The highest BCUT2D eigenvalue weighted by molar-refractivity contribution is 7.99. The van der Waals surface area contributed by atoms with Gasteiger partial charge in [0.25, 0.3) is 0 Å². The highest BCUT2D eigenvalue weighted by Gasteiger charge is 2.25. The van der Waals surface area contributed by atoms with E-state index < -0.39 is 10.0 Å². The molecule has 0 spiro atoms. The number of benzene rings is 2. The topological polar surface area (TPSA) is 66.5 Å². The maximum absolute atomic E-state index is 12.7. The predicted molar refractivity (Wildman–Crippen MR) is 120 cm³/mol. The van der Waals surface area contributed by atoms with Crippen molar-refractivity contribution in [3.05, 3.63) is 59.7 Å². The van der Waals surface area contributed by atoms with E-state index in [0.29, 0.717) is 18.8 Å². The van der Waals surface area contributed by atoms with E-state index in [2.05, 4.69) is 24.4 Å². The lowest BCUT2D eigenvalue weighted by atomic mass is 10.1. The first-order valence-electron chi connectivity index (χ1n) is 9.95. The van der Waals surface area contributed by atoms with Crippen molar-refractivity contribution < 1.29 is 13.2 Å². The Hall–Kier alpha value is -1.83. The Morgan fingerprint density at radius 1 is 1.07 bits per heavy atom. The number of nitrogens with zero attached hydrogens (tertiary/aromatic N) is 1. The van der Waals surface area contributed by atoms with Gasteiger partial charge in [0.2, 0.25) is 15.9 Å². The minimum Gasteiger partial charge on any atom is -0.325 e. The van der Waals surface area contributed by atoms with Crippen LogP contribution in [0.4, 0.5) is 5.69 Å². The molecule has 0 aliphatic carbocycles. The van der Waals surface area contributed by atoms with Crippen LogP contribution in [0.1, 0.15) is 37.3 Å². The first-order chi connectivity index (χ1) is 13.9. The molecule has 1 N–H and O–H groups in total. The van der Waals surface area contributed by atoms with Gasteiger partial charge in [-0.1, -0.05) is 30.7 Å². The first kappa shape index (κ1) is 21.9. The van der Waals surface area contributed by atoms with E-state index in [4.69, 9.17) is 0 Å². The number of thioether (sulfide) groups is 1. The second kappa shape index (κ2) is 9.78. The van der Waals surface area contributed by atoms with Crippen molar-refractivity contribution in [2.45, 2.75) is 49.0 Å². The van der Waals surface area contributed by atoms with Gasteiger partial charge in [-0.25, -0.2) is 8.42 Å². The fraction of sp³-hybridized carbons (Fsp3) is 0.409. The fourth-order valence-corrected chi connectivity index (χ4v) is 5.75. The van der Waals surface area contributed by atoms with Gasteiger partial charge in [-0.2, -0.15) is 4.31 Å². The van der Waals surface area contributed by atoms with Gasteiger partial charge >= 0.3 is 0 Å². The second-order valence-corrected chi connectivity index (χ2v) is 10.6. The summed E-state index contributed by atoms with van der Waals surface area (Å²) in [4.78, 5) is 12.8. The Bertz CT molecular complexity index is 937. The maximum atomic E-state index is 12.7. The Morgan fingerprint density at radius 3 is 2.38 bits per heavy atom. The van der Waals surface area contributed by atoms with E-state index >= 15 is 0 Å². The molecule has 0 radical (unpaired) electrons. The van der Waals surface area contributed by atoms with Crippen LogP contribution in [0.3, 0.4) is 0 Å². The van der Waals surface area contributed by atoms with E-state index in [1.54, 1.807) is 40.3 Å².